The minimum absolute atomic E-state index is 0.256. The predicted octanol–water partition coefficient (Wildman–Crippen LogP) is 3.94. The Bertz CT molecular complexity index is 523. The molecule has 20 heavy (non-hydrogen) atoms. The van der Waals surface area contributed by atoms with Gasteiger partial charge in [0.15, 0.2) is 0 Å². The van der Waals surface area contributed by atoms with Gasteiger partial charge in [-0.1, -0.05) is 45.0 Å². The summed E-state index contributed by atoms with van der Waals surface area (Å²) in [6, 6.07) is 13.5. The van der Waals surface area contributed by atoms with Crippen molar-refractivity contribution in [1.29, 1.82) is 0 Å². The molecule has 1 aromatic carbocycles. The second-order valence-electron chi connectivity index (χ2n) is 5.90. The van der Waals surface area contributed by atoms with Crippen LogP contribution in [0.15, 0.2) is 42.6 Å². The topological polar surface area (TPSA) is 30.9 Å². The van der Waals surface area contributed by atoms with E-state index in [0.717, 1.165) is 19.4 Å². The fourth-order valence-electron chi connectivity index (χ4n) is 2.41. The summed E-state index contributed by atoms with van der Waals surface area (Å²) in [5.41, 5.74) is 10.1. The van der Waals surface area contributed by atoms with Crippen molar-refractivity contribution in [3.63, 3.8) is 0 Å². The van der Waals surface area contributed by atoms with Gasteiger partial charge < -0.3 is 10.3 Å². The predicted molar refractivity (Wildman–Crippen MR) is 86.0 cm³/mol. The summed E-state index contributed by atoms with van der Waals surface area (Å²) in [7, 11) is 0. The van der Waals surface area contributed by atoms with Gasteiger partial charge in [-0.3, -0.25) is 0 Å². The van der Waals surface area contributed by atoms with E-state index in [-0.39, 0.29) is 6.04 Å². The second-order valence-corrected chi connectivity index (χ2v) is 5.90. The lowest BCUT2D eigenvalue weighted by molar-refractivity contribution is 0.610. The Labute approximate surface area is 122 Å². The largest absolute Gasteiger partial charge is 0.347 e. The number of rotatable bonds is 6. The van der Waals surface area contributed by atoms with Crippen molar-refractivity contribution in [2.75, 3.05) is 0 Å². The highest BCUT2D eigenvalue weighted by Gasteiger charge is 2.07. The normalized spacial score (nSPS) is 12.8. The number of hydrogen-bond acceptors (Lipinski definition) is 1. The van der Waals surface area contributed by atoms with Crippen LogP contribution in [0.4, 0.5) is 0 Å². The standard InChI is InChI=1S/C18H26N2/c1-4-17(19)12-18-6-5-11-20(18)13-15-7-9-16(10-8-15)14(2)3/h5-11,14,17H,4,12-13,19H2,1-3H3. The Kier molecular flexibility index (Phi) is 5.02. The van der Waals surface area contributed by atoms with Gasteiger partial charge in [-0.15, -0.1) is 0 Å². The molecule has 0 spiro atoms. The zero-order valence-corrected chi connectivity index (χ0v) is 12.8. The highest BCUT2D eigenvalue weighted by Crippen LogP contribution is 2.16. The maximum absolute atomic E-state index is 6.07. The van der Waals surface area contributed by atoms with Crippen molar-refractivity contribution >= 4 is 0 Å². The first-order chi connectivity index (χ1) is 9.60. The summed E-state index contributed by atoms with van der Waals surface area (Å²) in [6.07, 6.45) is 4.12. The third-order valence-corrected chi connectivity index (χ3v) is 3.92. The third-order valence-electron chi connectivity index (χ3n) is 3.92. The summed E-state index contributed by atoms with van der Waals surface area (Å²) in [5.74, 6) is 0.591. The van der Waals surface area contributed by atoms with E-state index in [9.17, 15) is 0 Å². The molecule has 0 aliphatic heterocycles. The maximum atomic E-state index is 6.07. The Morgan fingerprint density at radius 2 is 1.80 bits per heavy atom. The summed E-state index contributed by atoms with van der Waals surface area (Å²) in [6.45, 7) is 7.52. The van der Waals surface area contributed by atoms with Gasteiger partial charge in [0, 0.05) is 30.9 Å². The average molecular weight is 270 g/mol. The van der Waals surface area contributed by atoms with Crippen molar-refractivity contribution in [3.8, 4) is 0 Å². The molecule has 2 heteroatoms. The lowest BCUT2D eigenvalue weighted by atomic mass is 10.0. The van der Waals surface area contributed by atoms with Crippen molar-refractivity contribution in [2.24, 2.45) is 5.73 Å². The fraction of sp³-hybridized carbons (Fsp3) is 0.444. The molecule has 2 N–H and O–H groups in total. The molecular weight excluding hydrogens is 244 g/mol. The maximum Gasteiger partial charge on any atom is 0.0472 e. The summed E-state index contributed by atoms with van der Waals surface area (Å²) >= 11 is 0. The van der Waals surface area contributed by atoms with Gasteiger partial charge in [-0.05, 0) is 35.6 Å². The van der Waals surface area contributed by atoms with Gasteiger partial charge in [0.25, 0.3) is 0 Å². The van der Waals surface area contributed by atoms with Crippen LogP contribution in [0, 0.1) is 0 Å². The van der Waals surface area contributed by atoms with E-state index >= 15 is 0 Å². The molecule has 0 radical (unpaired) electrons. The molecule has 1 unspecified atom stereocenters. The van der Waals surface area contributed by atoms with Crippen LogP contribution in [0.25, 0.3) is 0 Å². The first kappa shape index (κ1) is 14.9. The number of aromatic nitrogens is 1. The van der Waals surface area contributed by atoms with Crippen molar-refractivity contribution in [3.05, 3.63) is 59.4 Å². The van der Waals surface area contributed by atoms with Crippen LogP contribution in [-0.2, 0) is 13.0 Å². The molecule has 0 fully saturated rings. The minimum atomic E-state index is 0.256. The molecule has 0 saturated carbocycles. The van der Waals surface area contributed by atoms with Crippen molar-refractivity contribution in [2.45, 2.75) is 52.1 Å². The molecule has 0 saturated heterocycles. The van der Waals surface area contributed by atoms with E-state index < -0.39 is 0 Å². The smallest absolute Gasteiger partial charge is 0.0472 e. The zero-order chi connectivity index (χ0) is 14.5. The lowest BCUT2D eigenvalue weighted by Gasteiger charge is -2.13. The molecule has 0 aliphatic rings. The number of benzene rings is 1. The van der Waals surface area contributed by atoms with Crippen LogP contribution < -0.4 is 5.73 Å². The van der Waals surface area contributed by atoms with E-state index in [1.807, 2.05) is 0 Å². The van der Waals surface area contributed by atoms with Crippen LogP contribution in [0.3, 0.4) is 0 Å². The quantitative estimate of drug-likeness (QED) is 0.847. The number of hydrogen-bond donors (Lipinski definition) is 1. The van der Waals surface area contributed by atoms with Gasteiger partial charge in [0.2, 0.25) is 0 Å². The van der Waals surface area contributed by atoms with Crippen LogP contribution >= 0.6 is 0 Å². The first-order valence-corrected chi connectivity index (χ1v) is 7.58. The van der Waals surface area contributed by atoms with Gasteiger partial charge >= 0.3 is 0 Å². The monoisotopic (exact) mass is 270 g/mol. The summed E-state index contributed by atoms with van der Waals surface area (Å²) in [4.78, 5) is 0. The van der Waals surface area contributed by atoms with Crippen LogP contribution in [0.1, 0.15) is 49.9 Å². The van der Waals surface area contributed by atoms with Crippen LogP contribution in [0.2, 0.25) is 0 Å². The summed E-state index contributed by atoms with van der Waals surface area (Å²) < 4.78 is 2.31. The van der Waals surface area contributed by atoms with Crippen LogP contribution in [0.5, 0.6) is 0 Å². The number of nitrogens with two attached hydrogens (primary N) is 1. The molecule has 1 atom stereocenters. The van der Waals surface area contributed by atoms with E-state index in [1.165, 1.54) is 16.8 Å². The highest BCUT2D eigenvalue weighted by molar-refractivity contribution is 5.25. The molecule has 0 aliphatic carbocycles. The van der Waals surface area contributed by atoms with Gasteiger partial charge in [0.05, 0.1) is 0 Å². The molecule has 0 amide bonds. The fourth-order valence-corrected chi connectivity index (χ4v) is 2.41. The first-order valence-electron chi connectivity index (χ1n) is 7.58. The molecule has 1 aromatic heterocycles. The molecule has 0 bridgehead atoms. The van der Waals surface area contributed by atoms with E-state index in [2.05, 4.69) is 67.9 Å². The minimum Gasteiger partial charge on any atom is -0.347 e. The van der Waals surface area contributed by atoms with Gasteiger partial charge in [-0.2, -0.15) is 0 Å². The zero-order valence-electron chi connectivity index (χ0n) is 12.8. The Morgan fingerprint density at radius 1 is 1.10 bits per heavy atom. The molecule has 2 aromatic rings. The molecular formula is C18H26N2. The molecule has 2 rings (SSSR count). The summed E-state index contributed by atoms with van der Waals surface area (Å²) in [5, 5.41) is 0. The third kappa shape index (κ3) is 3.73. The highest BCUT2D eigenvalue weighted by atomic mass is 15.0. The van der Waals surface area contributed by atoms with Crippen molar-refractivity contribution < 1.29 is 0 Å². The van der Waals surface area contributed by atoms with E-state index in [1.54, 1.807) is 0 Å². The average Bonchev–Trinajstić information content (AvgIpc) is 2.86. The van der Waals surface area contributed by atoms with Gasteiger partial charge in [-0.25, -0.2) is 0 Å². The van der Waals surface area contributed by atoms with Crippen molar-refractivity contribution in [1.82, 2.24) is 4.57 Å². The second kappa shape index (κ2) is 6.76. The Hall–Kier alpha value is -1.54. The van der Waals surface area contributed by atoms with E-state index in [0.29, 0.717) is 5.92 Å². The Morgan fingerprint density at radius 3 is 2.40 bits per heavy atom. The SMILES string of the molecule is CCC(N)Cc1cccn1Cc1ccc(C(C)C)cc1. The lowest BCUT2D eigenvalue weighted by Crippen LogP contribution is -2.23. The Balaban J connectivity index is 2.08. The van der Waals surface area contributed by atoms with Gasteiger partial charge in [0.1, 0.15) is 0 Å². The molecule has 2 nitrogen and oxygen atoms in total. The molecule has 1 heterocycles. The van der Waals surface area contributed by atoms with E-state index in [4.69, 9.17) is 5.73 Å². The van der Waals surface area contributed by atoms with Crippen LogP contribution in [-0.4, -0.2) is 10.6 Å². The molecule has 108 valence electrons. The number of nitrogens with zero attached hydrogens (tertiary/aromatic N) is 1.